The van der Waals surface area contributed by atoms with E-state index in [-0.39, 0.29) is 10.7 Å². The van der Waals surface area contributed by atoms with E-state index in [9.17, 15) is 13.2 Å². The molecule has 0 fully saturated rings. The number of fused-ring (bicyclic) bond motifs is 1. The molecule has 1 N–H and O–H groups in total. The number of ether oxygens (including phenoxy) is 1. The number of hydrogen-bond acceptors (Lipinski definition) is 5. The second-order valence-corrected chi connectivity index (χ2v) is 8.27. The molecule has 2 heterocycles. The Labute approximate surface area is 139 Å². The summed E-state index contributed by atoms with van der Waals surface area (Å²) in [7, 11) is -3.53. The molecule has 3 rings (SSSR count). The molecule has 0 aliphatic carbocycles. The maximum absolute atomic E-state index is 12.3. The quantitative estimate of drug-likeness (QED) is 0.811. The Morgan fingerprint density at radius 3 is 2.87 bits per heavy atom. The first-order valence-corrected chi connectivity index (χ1v) is 9.61. The monoisotopic (exact) mass is 351 g/mol. The lowest BCUT2D eigenvalue weighted by molar-refractivity contribution is 0.102. The molecule has 0 saturated carbocycles. The van der Waals surface area contributed by atoms with Crippen LogP contribution in [-0.2, 0) is 22.9 Å². The van der Waals surface area contributed by atoms with Gasteiger partial charge in [-0.3, -0.25) is 4.79 Å². The van der Waals surface area contributed by atoms with E-state index >= 15 is 0 Å². The smallest absolute Gasteiger partial charge is 0.240 e. The summed E-state index contributed by atoms with van der Waals surface area (Å²) in [5.41, 5.74) is 0.928. The maximum atomic E-state index is 12.3. The molecule has 1 aromatic carbocycles. The Bertz CT molecular complexity index is 840. The van der Waals surface area contributed by atoms with E-state index in [1.807, 2.05) is 6.07 Å². The van der Waals surface area contributed by atoms with Gasteiger partial charge >= 0.3 is 0 Å². The molecular weight excluding hydrogens is 334 g/mol. The zero-order valence-corrected chi connectivity index (χ0v) is 14.3. The summed E-state index contributed by atoms with van der Waals surface area (Å²) in [6, 6.07) is 8.57. The lowest BCUT2D eigenvalue weighted by Crippen LogP contribution is -2.25. The summed E-state index contributed by atoms with van der Waals surface area (Å²) in [5.74, 6) is 0.793. The fourth-order valence-electron chi connectivity index (χ4n) is 2.42. The Morgan fingerprint density at radius 2 is 2.13 bits per heavy atom. The minimum Gasteiger partial charge on any atom is -0.493 e. The maximum Gasteiger partial charge on any atom is 0.240 e. The van der Waals surface area contributed by atoms with Crippen molar-refractivity contribution in [1.82, 2.24) is 4.72 Å². The van der Waals surface area contributed by atoms with Crippen molar-refractivity contribution < 1.29 is 17.9 Å². The van der Waals surface area contributed by atoms with Crippen molar-refractivity contribution in [1.29, 1.82) is 0 Å². The summed E-state index contributed by atoms with van der Waals surface area (Å²) in [6.07, 6.45) is 1.30. The highest BCUT2D eigenvalue weighted by atomic mass is 32.2. The molecule has 23 heavy (non-hydrogen) atoms. The van der Waals surface area contributed by atoms with Crippen LogP contribution in [-0.4, -0.2) is 27.4 Å². The third-order valence-corrected chi connectivity index (χ3v) is 6.35. The van der Waals surface area contributed by atoms with Gasteiger partial charge < -0.3 is 4.74 Å². The number of benzene rings is 1. The average Bonchev–Trinajstić information content (AvgIpc) is 3.15. The first kappa shape index (κ1) is 16.2. The molecule has 1 aliphatic rings. The molecule has 0 radical (unpaired) electrons. The summed E-state index contributed by atoms with van der Waals surface area (Å²) in [5, 5.41) is 0. The summed E-state index contributed by atoms with van der Waals surface area (Å²) < 4.78 is 32.7. The normalized spacial score (nSPS) is 13.6. The largest absolute Gasteiger partial charge is 0.493 e. The van der Waals surface area contributed by atoms with Crippen LogP contribution in [0.3, 0.4) is 0 Å². The van der Waals surface area contributed by atoms with E-state index in [0.717, 1.165) is 22.6 Å². The number of rotatable bonds is 6. The summed E-state index contributed by atoms with van der Waals surface area (Å²) in [6.45, 7) is 2.42. The molecule has 0 spiro atoms. The average molecular weight is 351 g/mol. The first-order chi connectivity index (χ1) is 11.0. The van der Waals surface area contributed by atoms with Crippen molar-refractivity contribution in [3.8, 4) is 5.75 Å². The topological polar surface area (TPSA) is 72.5 Å². The summed E-state index contributed by atoms with van der Waals surface area (Å²) >= 11 is 1.40. The molecule has 0 amide bonds. The molecule has 0 atom stereocenters. The highest BCUT2D eigenvalue weighted by Gasteiger charge is 2.19. The van der Waals surface area contributed by atoms with Gasteiger partial charge in [-0.25, -0.2) is 13.1 Å². The van der Waals surface area contributed by atoms with Crippen molar-refractivity contribution in [3.05, 3.63) is 45.6 Å². The number of Topliss-reactive ketones (excluding diaryl/α,β-unsaturated/α-hetero) is 1. The lowest BCUT2D eigenvalue weighted by atomic mass is 10.2. The molecule has 1 aliphatic heterocycles. The van der Waals surface area contributed by atoms with Crippen molar-refractivity contribution in [2.24, 2.45) is 0 Å². The number of ketones is 1. The van der Waals surface area contributed by atoms with Crippen LogP contribution >= 0.6 is 11.3 Å². The third-order valence-electron chi connectivity index (χ3n) is 3.64. The summed E-state index contributed by atoms with van der Waals surface area (Å²) in [4.78, 5) is 13.2. The van der Waals surface area contributed by atoms with Crippen LogP contribution in [0.2, 0.25) is 0 Å². The van der Waals surface area contributed by atoms with Crippen LogP contribution < -0.4 is 9.46 Å². The van der Waals surface area contributed by atoms with Crippen LogP contribution in [0, 0.1) is 0 Å². The van der Waals surface area contributed by atoms with Crippen molar-refractivity contribution in [2.45, 2.75) is 24.7 Å². The van der Waals surface area contributed by atoms with E-state index in [4.69, 9.17) is 4.74 Å². The van der Waals surface area contributed by atoms with E-state index in [1.165, 1.54) is 18.3 Å². The second-order valence-electron chi connectivity index (χ2n) is 5.34. The van der Waals surface area contributed by atoms with E-state index in [1.54, 1.807) is 24.3 Å². The highest BCUT2D eigenvalue weighted by Crippen LogP contribution is 2.27. The molecule has 0 unspecified atom stereocenters. The van der Waals surface area contributed by atoms with Crippen LogP contribution in [0.15, 0.2) is 35.2 Å². The van der Waals surface area contributed by atoms with Crippen LogP contribution in [0.25, 0.3) is 0 Å². The molecular formula is C16H17NO4S2. The van der Waals surface area contributed by atoms with Crippen molar-refractivity contribution in [2.75, 3.05) is 13.2 Å². The molecule has 0 bridgehead atoms. The first-order valence-electron chi connectivity index (χ1n) is 7.31. The number of sulfonamides is 1. The molecule has 0 saturated heterocycles. The zero-order valence-electron chi connectivity index (χ0n) is 12.7. The van der Waals surface area contributed by atoms with Gasteiger partial charge in [0, 0.05) is 17.8 Å². The lowest BCUT2D eigenvalue weighted by Gasteiger charge is -2.07. The van der Waals surface area contributed by atoms with Crippen LogP contribution in [0.1, 0.15) is 27.0 Å². The van der Waals surface area contributed by atoms with Gasteiger partial charge in [-0.15, -0.1) is 11.3 Å². The van der Waals surface area contributed by atoms with E-state index in [0.29, 0.717) is 24.4 Å². The fraction of sp³-hybridized carbons (Fsp3) is 0.312. The van der Waals surface area contributed by atoms with E-state index in [2.05, 4.69) is 4.72 Å². The van der Waals surface area contributed by atoms with Gasteiger partial charge in [0.2, 0.25) is 10.0 Å². The van der Waals surface area contributed by atoms with Crippen molar-refractivity contribution in [3.63, 3.8) is 0 Å². The SMILES string of the molecule is CC(=O)c1ccc(CCNS(=O)(=O)c2ccc3c(c2)CCO3)s1. The van der Waals surface area contributed by atoms with Crippen LogP contribution in [0.4, 0.5) is 0 Å². The van der Waals surface area contributed by atoms with Gasteiger partial charge in [-0.2, -0.15) is 0 Å². The standard InChI is InChI=1S/C16H17NO4S2/c1-11(18)16-5-2-13(22-16)6-8-17-23(19,20)14-3-4-15-12(10-14)7-9-21-15/h2-5,10,17H,6-9H2,1H3. The Kier molecular flexibility index (Phi) is 4.52. The van der Waals surface area contributed by atoms with Gasteiger partial charge in [0.25, 0.3) is 0 Å². The Balaban J connectivity index is 1.63. The van der Waals surface area contributed by atoms with Crippen molar-refractivity contribution >= 4 is 27.1 Å². The Morgan fingerprint density at radius 1 is 1.30 bits per heavy atom. The van der Waals surface area contributed by atoms with Gasteiger partial charge in [-0.05, 0) is 49.2 Å². The third kappa shape index (κ3) is 3.63. The molecule has 122 valence electrons. The minimum absolute atomic E-state index is 0.0298. The van der Waals surface area contributed by atoms with Gasteiger partial charge in [0.15, 0.2) is 5.78 Å². The second kappa shape index (κ2) is 6.43. The fourth-order valence-corrected chi connectivity index (χ4v) is 4.41. The molecule has 2 aromatic rings. The predicted octanol–water partition coefficient (Wildman–Crippen LogP) is 2.41. The number of nitrogens with one attached hydrogen (secondary N) is 1. The minimum atomic E-state index is -3.53. The number of carbonyl (C=O) groups is 1. The molecule has 1 aromatic heterocycles. The highest BCUT2D eigenvalue weighted by molar-refractivity contribution is 7.89. The number of carbonyl (C=O) groups excluding carboxylic acids is 1. The number of thiophene rings is 1. The van der Waals surface area contributed by atoms with E-state index < -0.39 is 10.0 Å². The Hall–Kier alpha value is -1.70. The molecule has 5 nitrogen and oxygen atoms in total. The zero-order chi connectivity index (χ0) is 16.4. The predicted molar refractivity (Wildman–Crippen MR) is 88.9 cm³/mol. The number of hydrogen-bond donors (Lipinski definition) is 1. The molecule has 7 heteroatoms. The van der Waals surface area contributed by atoms with Gasteiger partial charge in [0.05, 0.1) is 16.4 Å². The van der Waals surface area contributed by atoms with Gasteiger partial charge in [-0.1, -0.05) is 0 Å². The van der Waals surface area contributed by atoms with Gasteiger partial charge in [0.1, 0.15) is 5.75 Å². The van der Waals surface area contributed by atoms with Crippen LogP contribution in [0.5, 0.6) is 5.75 Å².